The number of hydrogen-bond donors (Lipinski definition) is 2. The number of nitrogens with zero attached hydrogens (tertiary/aromatic N) is 3. The van der Waals surface area contributed by atoms with E-state index in [1.165, 1.54) is 13.0 Å². The van der Waals surface area contributed by atoms with Gasteiger partial charge in [-0.15, -0.1) is 24.0 Å². The molecule has 1 aliphatic heterocycles. The van der Waals surface area contributed by atoms with E-state index in [2.05, 4.69) is 34.4 Å². The molecular formula is C20H42IN5O2. The van der Waals surface area contributed by atoms with E-state index >= 15 is 0 Å². The average Bonchev–Trinajstić information content (AvgIpc) is 2.60. The summed E-state index contributed by atoms with van der Waals surface area (Å²) in [5.41, 5.74) is -0.471. The zero-order chi connectivity index (χ0) is 20.3. The van der Waals surface area contributed by atoms with E-state index in [1.54, 1.807) is 11.9 Å². The number of hydrogen-bond acceptors (Lipinski definition) is 4. The summed E-state index contributed by atoms with van der Waals surface area (Å²) in [5, 5.41) is 6.85. The lowest BCUT2D eigenvalue weighted by molar-refractivity contribution is 0.0253. The third-order valence-electron chi connectivity index (χ3n) is 4.51. The van der Waals surface area contributed by atoms with Gasteiger partial charge in [0, 0.05) is 45.8 Å². The number of carbonyl (C=O) groups is 1. The van der Waals surface area contributed by atoms with Crippen LogP contribution in [0, 0.1) is 0 Å². The highest BCUT2D eigenvalue weighted by molar-refractivity contribution is 14.0. The molecule has 0 saturated carbocycles. The molecule has 8 heteroatoms. The van der Waals surface area contributed by atoms with Gasteiger partial charge in [0.05, 0.1) is 0 Å². The summed E-state index contributed by atoms with van der Waals surface area (Å²) >= 11 is 0. The van der Waals surface area contributed by atoms with Crippen LogP contribution < -0.4 is 10.6 Å². The highest BCUT2D eigenvalue weighted by Crippen LogP contribution is 2.11. The average molecular weight is 511 g/mol. The number of piperidine rings is 1. The van der Waals surface area contributed by atoms with E-state index in [1.807, 2.05) is 20.8 Å². The number of halogens is 1. The summed E-state index contributed by atoms with van der Waals surface area (Å²) in [6, 6.07) is 0.460. The van der Waals surface area contributed by atoms with Crippen molar-refractivity contribution in [1.29, 1.82) is 0 Å². The van der Waals surface area contributed by atoms with E-state index in [0.717, 1.165) is 38.3 Å². The van der Waals surface area contributed by atoms with Crippen LogP contribution in [0.25, 0.3) is 0 Å². The molecule has 0 aliphatic carbocycles. The molecular weight excluding hydrogens is 469 g/mol. The number of amides is 1. The number of ether oxygens (including phenoxy) is 1. The van der Waals surface area contributed by atoms with Crippen LogP contribution in [-0.4, -0.2) is 79.8 Å². The summed E-state index contributed by atoms with van der Waals surface area (Å²) in [5.74, 6) is 0.810. The number of likely N-dealkylation sites (tertiary alicyclic amines) is 1. The molecule has 0 atom stereocenters. The molecule has 0 unspecified atom stereocenters. The Morgan fingerprint density at radius 2 is 1.82 bits per heavy atom. The Morgan fingerprint density at radius 3 is 2.32 bits per heavy atom. The largest absolute Gasteiger partial charge is 0.444 e. The molecule has 2 N–H and O–H groups in total. The smallest absolute Gasteiger partial charge is 0.410 e. The SMILES string of the molecule is CCCN1CCC(NC(=NC)NCCN(CCC)C(=O)OC(C)(C)C)CC1.I. The van der Waals surface area contributed by atoms with Crippen molar-refractivity contribution in [2.24, 2.45) is 4.99 Å². The Labute approximate surface area is 189 Å². The van der Waals surface area contributed by atoms with Gasteiger partial charge in [0.25, 0.3) is 0 Å². The van der Waals surface area contributed by atoms with Crippen LogP contribution in [0.4, 0.5) is 4.79 Å². The zero-order valence-corrected chi connectivity index (χ0v) is 21.0. The number of nitrogens with one attached hydrogen (secondary N) is 2. The second kappa shape index (κ2) is 14.3. The Morgan fingerprint density at radius 1 is 1.18 bits per heavy atom. The summed E-state index contributed by atoms with van der Waals surface area (Å²) in [7, 11) is 1.79. The molecule has 166 valence electrons. The van der Waals surface area contributed by atoms with Gasteiger partial charge in [-0.25, -0.2) is 4.79 Å². The fourth-order valence-electron chi connectivity index (χ4n) is 3.21. The van der Waals surface area contributed by atoms with Crippen LogP contribution in [0.2, 0.25) is 0 Å². The fourth-order valence-corrected chi connectivity index (χ4v) is 3.21. The predicted octanol–water partition coefficient (Wildman–Crippen LogP) is 3.29. The molecule has 0 aromatic heterocycles. The number of guanidine groups is 1. The van der Waals surface area contributed by atoms with Crippen molar-refractivity contribution in [2.45, 2.75) is 71.9 Å². The normalized spacial score (nSPS) is 16.3. The van der Waals surface area contributed by atoms with Gasteiger partial charge in [-0.05, 0) is 53.0 Å². The maximum atomic E-state index is 12.3. The van der Waals surface area contributed by atoms with Gasteiger partial charge < -0.3 is 25.2 Å². The maximum absolute atomic E-state index is 12.3. The summed E-state index contributed by atoms with van der Waals surface area (Å²) in [4.78, 5) is 20.9. The van der Waals surface area contributed by atoms with Crippen LogP contribution in [0.1, 0.15) is 60.3 Å². The minimum absolute atomic E-state index is 0. The van der Waals surface area contributed by atoms with Crippen molar-refractivity contribution in [3.8, 4) is 0 Å². The highest BCUT2D eigenvalue weighted by atomic mass is 127. The lowest BCUT2D eigenvalue weighted by Crippen LogP contribution is -2.50. The van der Waals surface area contributed by atoms with Gasteiger partial charge >= 0.3 is 6.09 Å². The van der Waals surface area contributed by atoms with Crippen LogP contribution in [-0.2, 0) is 4.74 Å². The molecule has 1 amide bonds. The van der Waals surface area contributed by atoms with Crippen LogP contribution in [0.15, 0.2) is 4.99 Å². The van der Waals surface area contributed by atoms with Crippen molar-refractivity contribution in [3.05, 3.63) is 0 Å². The van der Waals surface area contributed by atoms with Crippen LogP contribution in [0.5, 0.6) is 0 Å². The molecule has 0 radical (unpaired) electrons. The van der Waals surface area contributed by atoms with Crippen molar-refractivity contribution >= 4 is 36.0 Å². The quantitative estimate of drug-likeness (QED) is 0.298. The van der Waals surface area contributed by atoms with E-state index in [0.29, 0.717) is 25.7 Å². The molecule has 0 aromatic carbocycles. The van der Waals surface area contributed by atoms with Gasteiger partial charge in [0.1, 0.15) is 5.60 Å². The number of rotatable bonds is 8. The van der Waals surface area contributed by atoms with Crippen LogP contribution >= 0.6 is 24.0 Å². The second-order valence-electron chi connectivity index (χ2n) is 8.23. The summed E-state index contributed by atoms with van der Waals surface area (Å²) in [6.45, 7) is 15.4. The molecule has 28 heavy (non-hydrogen) atoms. The number of carbonyl (C=O) groups excluding carboxylic acids is 1. The molecule has 1 heterocycles. The molecule has 0 aromatic rings. The molecule has 1 saturated heterocycles. The molecule has 0 spiro atoms. The standard InChI is InChI=1S/C20H41N5O2.HI/c1-7-12-24-14-9-17(10-15-24)23-18(21-6)22-11-16-25(13-8-2)19(26)27-20(3,4)5;/h17H,7-16H2,1-6H3,(H2,21,22,23);1H. The second-order valence-corrected chi connectivity index (χ2v) is 8.23. The third-order valence-corrected chi connectivity index (χ3v) is 4.51. The van der Waals surface area contributed by atoms with Crippen molar-refractivity contribution in [3.63, 3.8) is 0 Å². The third kappa shape index (κ3) is 11.3. The van der Waals surface area contributed by atoms with Gasteiger partial charge in [-0.1, -0.05) is 13.8 Å². The van der Waals surface area contributed by atoms with Crippen molar-refractivity contribution in [2.75, 3.05) is 46.3 Å². The van der Waals surface area contributed by atoms with E-state index in [4.69, 9.17) is 4.74 Å². The first-order chi connectivity index (χ1) is 12.8. The molecule has 1 rings (SSSR count). The first-order valence-electron chi connectivity index (χ1n) is 10.5. The first kappa shape index (κ1) is 27.2. The topological polar surface area (TPSA) is 69.2 Å². The van der Waals surface area contributed by atoms with Gasteiger partial charge in [-0.2, -0.15) is 0 Å². The monoisotopic (exact) mass is 511 g/mol. The Kier molecular flexibility index (Phi) is 13.9. The Balaban J connectivity index is 0.00000729. The van der Waals surface area contributed by atoms with E-state index in [9.17, 15) is 4.79 Å². The maximum Gasteiger partial charge on any atom is 0.410 e. The Bertz CT molecular complexity index is 460. The number of aliphatic imine (C=N–C) groups is 1. The molecule has 1 aliphatic rings. The lowest BCUT2D eigenvalue weighted by Gasteiger charge is -2.33. The Hall–Kier alpha value is -0.770. The minimum atomic E-state index is -0.471. The van der Waals surface area contributed by atoms with Crippen molar-refractivity contribution in [1.82, 2.24) is 20.4 Å². The van der Waals surface area contributed by atoms with Gasteiger partial charge in [0.2, 0.25) is 0 Å². The van der Waals surface area contributed by atoms with Crippen molar-refractivity contribution < 1.29 is 9.53 Å². The highest BCUT2D eigenvalue weighted by Gasteiger charge is 2.22. The van der Waals surface area contributed by atoms with Gasteiger partial charge in [0.15, 0.2) is 5.96 Å². The first-order valence-corrected chi connectivity index (χ1v) is 10.5. The molecule has 7 nitrogen and oxygen atoms in total. The summed E-state index contributed by atoms with van der Waals surface area (Å²) < 4.78 is 5.50. The molecule has 1 fully saturated rings. The lowest BCUT2D eigenvalue weighted by atomic mass is 10.1. The minimum Gasteiger partial charge on any atom is -0.444 e. The fraction of sp³-hybridized carbons (Fsp3) is 0.900. The summed E-state index contributed by atoms with van der Waals surface area (Å²) in [6.07, 6.45) is 4.15. The van der Waals surface area contributed by atoms with E-state index in [-0.39, 0.29) is 30.1 Å². The predicted molar refractivity (Wildman–Crippen MR) is 128 cm³/mol. The van der Waals surface area contributed by atoms with Crippen LogP contribution in [0.3, 0.4) is 0 Å². The molecule has 0 bridgehead atoms. The zero-order valence-electron chi connectivity index (χ0n) is 18.7. The van der Waals surface area contributed by atoms with E-state index < -0.39 is 5.60 Å². The van der Waals surface area contributed by atoms with Gasteiger partial charge in [-0.3, -0.25) is 4.99 Å².